The minimum atomic E-state index is -0.636. The van der Waals surface area contributed by atoms with Gasteiger partial charge in [-0.05, 0) is 6.92 Å². The molecule has 0 saturated carbocycles. The minimum Gasteiger partial charge on any atom is -0.501 e. The maximum Gasteiger partial charge on any atom is 0.296 e. The Labute approximate surface area is 122 Å². The number of aldehydes is 1. The third-order valence-electron chi connectivity index (χ3n) is 2.72. The van der Waals surface area contributed by atoms with Crippen LogP contribution in [0.15, 0.2) is 29.1 Å². The van der Waals surface area contributed by atoms with Gasteiger partial charge in [0.2, 0.25) is 5.75 Å². The highest BCUT2D eigenvalue weighted by atomic mass is 16.4. The molecule has 6 nitrogen and oxygen atoms in total. The van der Waals surface area contributed by atoms with Gasteiger partial charge in [-0.3, -0.25) is 14.2 Å². The molecular weight excluding hydrogens is 272 g/mol. The van der Waals surface area contributed by atoms with E-state index in [1.165, 1.54) is 11.6 Å². The van der Waals surface area contributed by atoms with Gasteiger partial charge in [0.15, 0.2) is 12.0 Å². The van der Waals surface area contributed by atoms with Crippen molar-refractivity contribution in [3.63, 3.8) is 0 Å². The summed E-state index contributed by atoms with van der Waals surface area (Å²) in [5.74, 6) is -0.275. The highest BCUT2D eigenvalue weighted by Gasteiger charge is 2.14. The van der Waals surface area contributed by atoms with Crippen LogP contribution in [0.1, 0.15) is 16.1 Å². The number of rotatable bonds is 2. The topological polar surface area (TPSA) is 81.4 Å². The lowest BCUT2D eigenvalue weighted by Gasteiger charge is -2.09. The van der Waals surface area contributed by atoms with Crippen molar-refractivity contribution in [1.29, 1.82) is 0 Å². The predicted octanol–water partition coefficient (Wildman–Crippen LogP) is 1.54. The van der Waals surface area contributed by atoms with E-state index in [0.717, 1.165) is 5.56 Å². The lowest BCUT2D eigenvalue weighted by molar-refractivity contribution is 0.111. The van der Waals surface area contributed by atoms with E-state index in [1.807, 2.05) is 31.2 Å². The van der Waals surface area contributed by atoms with Gasteiger partial charge in [0, 0.05) is 26.8 Å². The van der Waals surface area contributed by atoms with Gasteiger partial charge in [-0.1, -0.05) is 29.8 Å². The molecule has 0 bridgehead atoms. The summed E-state index contributed by atoms with van der Waals surface area (Å²) >= 11 is 0. The van der Waals surface area contributed by atoms with E-state index in [1.54, 1.807) is 14.2 Å². The van der Waals surface area contributed by atoms with E-state index in [-0.39, 0.29) is 5.69 Å². The Morgan fingerprint density at radius 1 is 1.24 bits per heavy atom. The fourth-order valence-electron chi connectivity index (χ4n) is 1.65. The van der Waals surface area contributed by atoms with Gasteiger partial charge < -0.3 is 9.84 Å². The van der Waals surface area contributed by atoms with Gasteiger partial charge in [0.25, 0.3) is 5.56 Å². The third-order valence-corrected chi connectivity index (χ3v) is 2.72. The molecule has 0 aliphatic heterocycles. The summed E-state index contributed by atoms with van der Waals surface area (Å²) in [5.41, 5.74) is 0.915. The highest BCUT2D eigenvalue weighted by Crippen LogP contribution is 2.18. The molecule has 1 heterocycles. The number of hydrogen-bond donors (Lipinski definition) is 1. The third kappa shape index (κ3) is 3.76. The van der Waals surface area contributed by atoms with Crippen LogP contribution in [0.5, 0.6) is 5.75 Å². The van der Waals surface area contributed by atoms with Crippen LogP contribution in [0.3, 0.4) is 0 Å². The van der Waals surface area contributed by atoms with Crippen molar-refractivity contribution in [2.75, 3.05) is 14.2 Å². The first-order valence-electron chi connectivity index (χ1n) is 6.18. The molecule has 0 unspecified atom stereocenters. The van der Waals surface area contributed by atoms with Crippen LogP contribution in [0.4, 0.5) is 0 Å². The molecule has 1 aromatic carbocycles. The number of benzene rings is 1. The van der Waals surface area contributed by atoms with Crippen molar-refractivity contribution in [3.05, 3.63) is 45.9 Å². The second-order valence-corrected chi connectivity index (χ2v) is 4.43. The Bertz CT molecular complexity index is 675. The molecule has 1 aromatic heterocycles. The predicted molar refractivity (Wildman–Crippen MR) is 79.6 cm³/mol. The molecule has 0 amide bonds. The van der Waals surface area contributed by atoms with E-state index < -0.39 is 11.3 Å². The number of nitrogens with zero attached hydrogens (tertiary/aromatic N) is 2. The fourth-order valence-corrected chi connectivity index (χ4v) is 1.65. The van der Waals surface area contributed by atoms with E-state index >= 15 is 0 Å². The number of aryl methyl sites for hydroxylation is 1. The number of carbonyl (C=O) groups excluding carboxylic acids is 1. The largest absolute Gasteiger partial charge is 0.501 e. The summed E-state index contributed by atoms with van der Waals surface area (Å²) in [6.07, 6.45) is 0.369. The van der Waals surface area contributed by atoms with Crippen molar-refractivity contribution >= 4 is 6.29 Å². The summed E-state index contributed by atoms with van der Waals surface area (Å²) in [7, 11) is 4.75. The van der Waals surface area contributed by atoms with Crippen LogP contribution in [-0.4, -0.2) is 35.2 Å². The average molecular weight is 290 g/mol. The Hall–Kier alpha value is -2.47. The summed E-state index contributed by atoms with van der Waals surface area (Å²) in [6, 6.07) is 7.38. The highest BCUT2D eigenvalue weighted by molar-refractivity contribution is 5.77. The number of aromatic hydroxyl groups is 1. The minimum absolute atomic E-state index is 0.242. The standard InChI is InChI=1S/C13H12N2O3.C2H6O/c1-8-3-5-9(6-4-8)12-14-10(7-16)11(17)13(18)15(12)2;1-3-2/h3-7,17H,1-2H3;1-2H3. The van der Waals surface area contributed by atoms with Crippen molar-refractivity contribution in [1.82, 2.24) is 9.55 Å². The number of methoxy groups -OCH3 is 1. The molecule has 2 aromatic rings. The van der Waals surface area contributed by atoms with Gasteiger partial charge in [-0.25, -0.2) is 4.98 Å². The first-order chi connectivity index (χ1) is 9.96. The second kappa shape index (κ2) is 7.35. The number of aromatic nitrogens is 2. The molecule has 0 radical (unpaired) electrons. The number of carbonyl (C=O) groups is 1. The van der Waals surface area contributed by atoms with E-state index in [4.69, 9.17) is 0 Å². The van der Waals surface area contributed by atoms with E-state index in [9.17, 15) is 14.7 Å². The molecule has 0 aliphatic rings. The smallest absolute Gasteiger partial charge is 0.296 e. The number of ether oxygens (including phenoxy) is 1. The monoisotopic (exact) mass is 290 g/mol. The molecular formula is C15H18N2O4. The lowest BCUT2D eigenvalue weighted by Crippen LogP contribution is -2.21. The van der Waals surface area contributed by atoms with E-state index in [2.05, 4.69) is 9.72 Å². The van der Waals surface area contributed by atoms with Gasteiger partial charge >= 0.3 is 0 Å². The zero-order valence-electron chi connectivity index (χ0n) is 12.5. The van der Waals surface area contributed by atoms with Crippen molar-refractivity contribution in [2.24, 2.45) is 7.05 Å². The maximum atomic E-state index is 11.7. The summed E-state index contributed by atoms with van der Waals surface area (Å²) in [6.45, 7) is 1.95. The molecule has 0 atom stereocenters. The molecule has 1 N–H and O–H groups in total. The molecule has 112 valence electrons. The molecule has 0 spiro atoms. The van der Waals surface area contributed by atoms with Gasteiger partial charge in [0.05, 0.1) is 0 Å². The summed E-state index contributed by atoms with van der Waals surface area (Å²) in [4.78, 5) is 26.5. The average Bonchev–Trinajstić information content (AvgIpc) is 2.47. The molecule has 0 aliphatic carbocycles. The van der Waals surface area contributed by atoms with Crippen molar-refractivity contribution in [2.45, 2.75) is 6.92 Å². The second-order valence-electron chi connectivity index (χ2n) is 4.43. The molecule has 2 rings (SSSR count). The Kier molecular flexibility index (Phi) is 5.80. The van der Waals surface area contributed by atoms with Crippen LogP contribution in [0.25, 0.3) is 11.4 Å². The van der Waals surface area contributed by atoms with Crippen molar-refractivity contribution < 1.29 is 14.6 Å². The lowest BCUT2D eigenvalue weighted by atomic mass is 10.1. The normalized spacial score (nSPS) is 9.71. The Morgan fingerprint density at radius 3 is 2.24 bits per heavy atom. The molecule has 0 saturated heterocycles. The van der Waals surface area contributed by atoms with Crippen LogP contribution < -0.4 is 5.56 Å². The van der Waals surface area contributed by atoms with Crippen LogP contribution in [-0.2, 0) is 11.8 Å². The van der Waals surface area contributed by atoms with Crippen LogP contribution in [0, 0.1) is 6.92 Å². The van der Waals surface area contributed by atoms with Gasteiger partial charge in [0.1, 0.15) is 5.82 Å². The van der Waals surface area contributed by atoms with Gasteiger partial charge in [-0.2, -0.15) is 0 Å². The summed E-state index contributed by atoms with van der Waals surface area (Å²) < 4.78 is 5.47. The first-order valence-corrected chi connectivity index (χ1v) is 6.18. The zero-order chi connectivity index (χ0) is 16.0. The van der Waals surface area contributed by atoms with E-state index in [0.29, 0.717) is 17.7 Å². The van der Waals surface area contributed by atoms with Crippen LogP contribution >= 0.6 is 0 Å². The molecule has 0 fully saturated rings. The SMILES string of the molecule is COC.Cc1ccc(-c2nc(C=O)c(O)c(=O)n2C)cc1. The summed E-state index contributed by atoms with van der Waals surface area (Å²) in [5, 5.41) is 9.47. The molecule has 6 heteroatoms. The van der Waals surface area contributed by atoms with Crippen molar-refractivity contribution in [3.8, 4) is 17.1 Å². The fraction of sp³-hybridized carbons (Fsp3) is 0.267. The quantitative estimate of drug-likeness (QED) is 0.848. The Balaban J connectivity index is 0.000000677. The maximum absolute atomic E-state index is 11.7. The van der Waals surface area contributed by atoms with Gasteiger partial charge in [-0.15, -0.1) is 0 Å². The Morgan fingerprint density at radius 2 is 1.76 bits per heavy atom. The molecule has 21 heavy (non-hydrogen) atoms. The first kappa shape index (κ1) is 16.6. The number of hydrogen-bond acceptors (Lipinski definition) is 5. The zero-order valence-corrected chi connectivity index (χ0v) is 12.5. The van der Waals surface area contributed by atoms with Crippen LogP contribution in [0.2, 0.25) is 0 Å².